The molecule has 0 heterocycles. The Labute approximate surface area is 91.4 Å². The Hall–Kier alpha value is -1.31. The molecule has 0 saturated heterocycles. The van der Waals surface area contributed by atoms with Gasteiger partial charge in [-0.15, -0.1) is 0 Å². The molecular formula is C13H18N2. The van der Waals surface area contributed by atoms with E-state index in [0.29, 0.717) is 5.92 Å². The fourth-order valence-corrected chi connectivity index (χ4v) is 1.72. The third-order valence-electron chi connectivity index (χ3n) is 3.06. The zero-order valence-electron chi connectivity index (χ0n) is 9.46. The van der Waals surface area contributed by atoms with Gasteiger partial charge in [0.2, 0.25) is 0 Å². The molecular weight excluding hydrogens is 184 g/mol. The van der Waals surface area contributed by atoms with Crippen molar-refractivity contribution in [2.24, 2.45) is 5.92 Å². The first-order valence-electron chi connectivity index (χ1n) is 5.63. The van der Waals surface area contributed by atoms with Gasteiger partial charge in [-0.3, -0.25) is 5.41 Å². The fraction of sp³-hybridized carbons (Fsp3) is 0.462. The highest BCUT2D eigenvalue weighted by molar-refractivity contribution is 5.98. The molecule has 1 aliphatic carbocycles. The minimum Gasteiger partial charge on any atom is -0.333 e. The van der Waals surface area contributed by atoms with Crippen molar-refractivity contribution in [3.63, 3.8) is 0 Å². The highest BCUT2D eigenvalue weighted by Gasteiger charge is 2.29. The Kier molecular flexibility index (Phi) is 2.76. The zero-order valence-corrected chi connectivity index (χ0v) is 9.46. The summed E-state index contributed by atoms with van der Waals surface area (Å²) in [7, 11) is 1.99. The molecule has 1 saturated carbocycles. The van der Waals surface area contributed by atoms with Gasteiger partial charge in [0.1, 0.15) is 5.84 Å². The van der Waals surface area contributed by atoms with E-state index in [1.54, 1.807) is 0 Å². The summed E-state index contributed by atoms with van der Waals surface area (Å²) in [6.07, 6.45) is 3.45. The third-order valence-corrected chi connectivity index (χ3v) is 3.06. The van der Waals surface area contributed by atoms with Crippen LogP contribution in [-0.4, -0.2) is 12.9 Å². The number of nitrogens with one attached hydrogen (secondary N) is 1. The van der Waals surface area contributed by atoms with Gasteiger partial charge >= 0.3 is 0 Å². The van der Waals surface area contributed by atoms with Crippen LogP contribution in [0.25, 0.3) is 0 Å². The second kappa shape index (κ2) is 4.05. The summed E-state index contributed by atoms with van der Waals surface area (Å²) in [4.78, 5) is 2.00. The molecule has 0 atom stereocenters. The summed E-state index contributed by atoms with van der Waals surface area (Å²) in [5.41, 5.74) is 2.48. The van der Waals surface area contributed by atoms with E-state index in [0.717, 1.165) is 17.9 Å². The molecule has 1 aromatic rings. The number of amidine groups is 1. The zero-order chi connectivity index (χ0) is 10.8. The quantitative estimate of drug-likeness (QED) is 0.592. The second-order valence-electron chi connectivity index (χ2n) is 4.24. The van der Waals surface area contributed by atoms with Crippen molar-refractivity contribution in [1.29, 1.82) is 5.41 Å². The largest absolute Gasteiger partial charge is 0.333 e. The molecule has 0 radical (unpaired) electrons. The molecule has 0 aromatic heterocycles. The number of hydrogen-bond acceptors (Lipinski definition) is 1. The van der Waals surface area contributed by atoms with Crippen molar-refractivity contribution in [2.45, 2.75) is 26.2 Å². The maximum Gasteiger partial charge on any atom is 0.103 e. The van der Waals surface area contributed by atoms with Crippen molar-refractivity contribution in [3.05, 3.63) is 29.8 Å². The Balaban J connectivity index is 2.10. The van der Waals surface area contributed by atoms with Crippen molar-refractivity contribution >= 4 is 11.5 Å². The molecule has 2 rings (SSSR count). The summed E-state index contributed by atoms with van der Waals surface area (Å²) in [5.74, 6) is 1.28. The molecule has 0 unspecified atom stereocenters. The van der Waals surface area contributed by atoms with E-state index < -0.39 is 0 Å². The van der Waals surface area contributed by atoms with E-state index in [4.69, 9.17) is 5.41 Å². The van der Waals surface area contributed by atoms with Crippen molar-refractivity contribution in [3.8, 4) is 0 Å². The van der Waals surface area contributed by atoms with Crippen LogP contribution in [0.4, 0.5) is 5.69 Å². The summed E-state index contributed by atoms with van der Waals surface area (Å²) < 4.78 is 0. The Morgan fingerprint density at radius 2 is 1.93 bits per heavy atom. The Bertz CT molecular complexity index is 349. The van der Waals surface area contributed by atoms with Crippen molar-refractivity contribution in [1.82, 2.24) is 0 Å². The number of aryl methyl sites for hydroxylation is 1. The van der Waals surface area contributed by atoms with E-state index >= 15 is 0 Å². The standard InChI is InChI=1S/C13H18N2/c1-3-10-4-8-12(9-5-10)15(2)13(14)11-6-7-11/h4-5,8-9,11,14H,3,6-7H2,1-2H3. The first-order valence-corrected chi connectivity index (χ1v) is 5.63. The molecule has 0 bridgehead atoms. The maximum absolute atomic E-state index is 7.97. The third kappa shape index (κ3) is 2.20. The summed E-state index contributed by atoms with van der Waals surface area (Å²) in [5, 5.41) is 7.97. The molecule has 15 heavy (non-hydrogen) atoms. The summed E-state index contributed by atoms with van der Waals surface area (Å²) in [6, 6.07) is 8.50. The minimum absolute atomic E-state index is 0.515. The van der Waals surface area contributed by atoms with E-state index in [1.807, 2.05) is 11.9 Å². The highest BCUT2D eigenvalue weighted by Crippen LogP contribution is 2.32. The molecule has 0 spiro atoms. The number of benzene rings is 1. The van der Waals surface area contributed by atoms with Gasteiger partial charge in [-0.1, -0.05) is 19.1 Å². The van der Waals surface area contributed by atoms with Gasteiger partial charge in [0.05, 0.1) is 0 Å². The lowest BCUT2D eigenvalue weighted by molar-refractivity contribution is 1.06. The van der Waals surface area contributed by atoms with Crippen LogP contribution in [-0.2, 0) is 6.42 Å². The van der Waals surface area contributed by atoms with Crippen LogP contribution in [0.5, 0.6) is 0 Å². The maximum atomic E-state index is 7.97. The molecule has 1 fully saturated rings. The van der Waals surface area contributed by atoms with E-state index in [-0.39, 0.29) is 0 Å². The minimum atomic E-state index is 0.515. The lowest BCUT2D eigenvalue weighted by atomic mass is 10.1. The topological polar surface area (TPSA) is 27.1 Å². The predicted octanol–water partition coefficient (Wildman–Crippen LogP) is 3.07. The second-order valence-corrected chi connectivity index (χ2v) is 4.24. The monoisotopic (exact) mass is 202 g/mol. The molecule has 1 aromatic carbocycles. The molecule has 2 heteroatoms. The van der Waals surface area contributed by atoms with Crippen LogP contribution in [0, 0.1) is 11.3 Å². The predicted molar refractivity (Wildman–Crippen MR) is 64.7 cm³/mol. The van der Waals surface area contributed by atoms with Gasteiger partial charge in [-0.25, -0.2) is 0 Å². The average Bonchev–Trinajstić information content (AvgIpc) is 3.11. The van der Waals surface area contributed by atoms with E-state index in [9.17, 15) is 0 Å². The molecule has 2 nitrogen and oxygen atoms in total. The van der Waals surface area contributed by atoms with Gasteiger partial charge in [0, 0.05) is 18.7 Å². The average molecular weight is 202 g/mol. The molecule has 0 amide bonds. The van der Waals surface area contributed by atoms with Crippen LogP contribution in [0.3, 0.4) is 0 Å². The first kappa shape index (κ1) is 10.2. The Morgan fingerprint density at radius 3 is 2.40 bits per heavy atom. The van der Waals surface area contributed by atoms with Crippen molar-refractivity contribution < 1.29 is 0 Å². The van der Waals surface area contributed by atoms with Gasteiger partial charge in [0.15, 0.2) is 0 Å². The molecule has 1 aliphatic rings. The summed E-state index contributed by atoms with van der Waals surface area (Å²) >= 11 is 0. The summed E-state index contributed by atoms with van der Waals surface area (Å²) in [6.45, 7) is 2.16. The number of hydrogen-bond donors (Lipinski definition) is 1. The normalized spacial score (nSPS) is 15.1. The van der Waals surface area contributed by atoms with Crippen LogP contribution >= 0.6 is 0 Å². The number of nitrogens with zero attached hydrogens (tertiary/aromatic N) is 1. The molecule has 80 valence electrons. The lowest BCUT2D eigenvalue weighted by Crippen LogP contribution is -2.26. The first-order chi connectivity index (χ1) is 7.22. The number of anilines is 1. The van der Waals surface area contributed by atoms with Crippen LogP contribution < -0.4 is 4.90 Å². The van der Waals surface area contributed by atoms with E-state index in [1.165, 1.54) is 18.4 Å². The molecule has 1 N–H and O–H groups in total. The Morgan fingerprint density at radius 1 is 1.33 bits per heavy atom. The fourth-order valence-electron chi connectivity index (χ4n) is 1.72. The van der Waals surface area contributed by atoms with Gasteiger partial charge in [-0.05, 0) is 37.0 Å². The lowest BCUT2D eigenvalue weighted by Gasteiger charge is -2.20. The van der Waals surface area contributed by atoms with Crippen LogP contribution in [0.1, 0.15) is 25.3 Å². The highest BCUT2D eigenvalue weighted by atomic mass is 15.1. The smallest absolute Gasteiger partial charge is 0.103 e. The number of rotatable bonds is 3. The van der Waals surface area contributed by atoms with Gasteiger partial charge in [0.25, 0.3) is 0 Å². The van der Waals surface area contributed by atoms with Crippen LogP contribution in [0.2, 0.25) is 0 Å². The van der Waals surface area contributed by atoms with Gasteiger partial charge < -0.3 is 4.90 Å². The van der Waals surface area contributed by atoms with Gasteiger partial charge in [-0.2, -0.15) is 0 Å². The SMILES string of the molecule is CCc1ccc(N(C)C(=N)C2CC2)cc1. The molecule has 0 aliphatic heterocycles. The van der Waals surface area contributed by atoms with Crippen LogP contribution in [0.15, 0.2) is 24.3 Å². The van der Waals surface area contributed by atoms with Crippen molar-refractivity contribution in [2.75, 3.05) is 11.9 Å². The van der Waals surface area contributed by atoms with E-state index in [2.05, 4.69) is 31.2 Å².